The van der Waals surface area contributed by atoms with Crippen molar-refractivity contribution in [3.05, 3.63) is 63.2 Å². The fourth-order valence-corrected chi connectivity index (χ4v) is 4.04. The Bertz CT molecular complexity index is 981. The van der Waals surface area contributed by atoms with Gasteiger partial charge in [-0.15, -0.1) is 0 Å². The van der Waals surface area contributed by atoms with Crippen LogP contribution in [0.15, 0.2) is 47.4 Å². The molecule has 0 saturated carbocycles. The minimum atomic E-state index is -3.96. The lowest BCUT2D eigenvalue weighted by Gasteiger charge is -2.21. The highest BCUT2D eigenvalue weighted by molar-refractivity contribution is 7.89. The van der Waals surface area contributed by atoms with Gasteiger partial charge in [0.2, 0.25) is 10.0 Å². The average molecular weight is 413 g/mol. The van der Waals surface area contributed by atoms with E-state index in [-0.39, 0.29) is 26.9 Å². The molecule has 10 heteroatoms. The molecule has 2 aromatic carbocycles. The van der Waals surface area contributed by atoms with Crippen molar-refractivity contribution >= 4 is 33.3 Å². The first kappa shape index (κ1) is 20.8. The summed E-state index contributed by atoms with van der Waals surface area (Å²) in [5.41, 5.74) is -0.924. The first-order valence-electron chi connectivity index (χ1n) is 7.69. The Labute approximate surface area is 161 Å². The van der Waals surface area contributed by atoms with Crippen molar-refractivity contribution in [1.29, 1.82) is 0 Å². The zero-order chi connectivity index (χ0) is 20.4. The van der Waals surface area contributed by atoms with Gasteiger partial charge in [0.15, 0.2) is 0 Å². The van der Waals surface area contributed by atoms with E-state index in [1.807, 2.05) is 0 Å². The number of halogens is 1. The molecule has 0 unspecified atom stereocenters. The van der Waals surface area contributed by atoms with Gasteiger partial charge in [0.05, 0.1) is 15.5 Å². The number of nitrogens with one attached hydrogen (secondary N) is 1. The Morgan fingerprint density at radius 2 is 1.74 bits per heavy atom. The number of nitro groups is 1. The van der Waals surface area contributed by atoms with Gasteiger partial charge in [0.25, 0.3) is 5.69 Å². The molecule has 0 amide bonds. The molecule has 27 heavy (non-hydrogen) atoms. The zero-order valence-corrected chi connectivity index (χ0v) is 16.3. The van der Waals surface area contributed by atoms with Crippen molar-refractivity contribution in [3.8, 4) is 5.75 Å². The van der Waals surface area contributed by atoms with Gasteiger partial charge < -0.3 is 4.74 Å². The molecule has 0 saturated heterocycles. The summed E-state index contributed by atoms with van der Waals surface area (Å²) < 4.78 is 32.6. The lowest BCUT2D eigenvalue weighted by Crippen LogP contribution is -2.40. The smallest absolute Gasteiger partial charge is 0.343 e. The Balaban J connectivity index is 2.29. The fraction of sp³-hybridized carbons (Fsp3) is 0.235. The number of ether oxygens (including phenoxy) is 1. The van der Waals surface area contributed by atoms with E-state index in [1.165, 1.54) is 36.4 Å². The van der Waals surface area contributed by atoms with Crippen LogP contribution in [0.4, 0.5) is 5.69 Å². The first-order chi connectivity index (χ1) is 12.4. The maximum Gasteiger partial charge on any atom is 0.343 e. The summed E-state index contributed by atoms with van der Waals surface area (Å²) in [6, 6.07) is 8.64. The van der Waals surface area contributed by atoms with Crippen LogP contribution in [0.25, 0.3) is 0 Å². The third kappa shape index (κ3) is 5.49. The summed E-state index contributed by atoms with van der Waals surface area (Å²) in [6.45, 7) is 5.02. The summed E-state index contributed by atoms with van der Waals surface area (Å²) in [5.74, 6) is -0.745. The van der Waals surface area contributed by atoms with E-state index in [1.54, 1.807) is 20.8 Å². The molecule has 2 rings (SSSR count). The molecular formula is C17H17ClN2O6S. The van der Waals surface area contributed by atoms with Crippen LogP contribution >= 0.6 is 11.6 Å². The SMILES string of the molecule is CC(C)(C)NS(=O)(=O)c1cc(C(=O)Oc2ccc([N+](=O)[O-])cc2)ccc1Cl. The van der Waals surface area contributed by atoms with Crippen LogP contribution in [0.1, 0.15) is 31.1 Å². The predicted octanol–water partition coefficient (Wildman–Crippen LogP) is 3.54. The molecule has 0 atom stereocenters. The van der Waals surface area contributed by atoms with E-state index in [9.17, 15) is 23.3 Å². The lowest BCUT2D eigenvalue weighted by atomic mass is 10.1. The minimum absolute atomic E-state index is 0.0352. The molecule has 0 radical (unpaired) electrons. The number of carbonyl (C=O) groups is 1. The normalized spacial score (nSPS) is 11.9. The summed E-state index contributed by atoms with van der Waals surface area (Å²) in [4.78, 5) is 22.1. The van der Waals surface area contributed by atoms with Crippen molar-refractivity contribution in [3.63, 3.8) is 0 Å². The van der Waals surface area contributed by atoms with Gasteiger partial charge in [0, 0.05) is 17.7 Å². The van der Waals surface area contributed by atoms with Crippen molar-refractivity contribution in [2.24, 2.45) is 0 Å². The van der Waals surface area contributed by atoms with Gasteiger partial charge in [-0.3, -0.25) is 10.1 Å². The van der Waals surface area contributed by atoms with Gasteiger partial charge >= 0.3 is 5.97 Å². The second kappa shape index (κ2) is 7.63. The van der Waals surface area contributed by atoms with E-state index in [0.29, 0.717) is 0 Å². The number of rotatable bonds is 5. The van der Waals surface area contributed by atoms with Gasteiger partial charge in [-0.05, 0) is 51.1 Å². The standard InChI is InChI=1S/C17H17ClN2O6S/c1-17(2,3)19-27(24,25)15-10-11(4-9-14(15)18)16(21)26-13-7-5-12(6-8-13)20(22)23/h4-10,19H,1-3H3. The lowest BCUT2D eigenvalue weighted by molar-refractivity contribution is -0.384. The number of hydrogen-bond acceptors (Lipinski definition) is 6. The third-order valence-electron chi connectivity index (χ3n) is 3.16. The maximum absolute atomic E-state index is 12.5. The number of carbonyl (C=O) groups excluding carboxylic acids is 1. The quantitative estimate of drug-likeness (QED) is 0.347. The van der Waals surface area contributed by atoms with Crippen LogP contribution in [0.3, 0.4) is 0 Å². The first-order valence-corrected chi connectivity index (χ1v) is 9.55. The molecule has 0 spiro atoms. The molecule has 2 aromatic rings. The van der Waals surface area contributed by atoms with Gasteiger partial charge in [-0.25, -0.2) is 17.9 Å². The summed E-state index contributed by atoms with van der Waals surface area (Å²) >= 11 is 5.99. The molecule has 0 bridgehead atoms. The van der Waals surface area contributed by atoms with Gasteiger partial charge in [-0.2, -0.15) is 0 Å². The van der Waals surface area contributed by atoms with Crippen LogP contribution in [0, 0.1) is 10.1 Å². The minimum Gasteiger partial charge on any atom is -0.423 e. The molecule has 0 aliphatic heterocycles. The Morgan fingerprint density at radius 1 is 1.15 bits per heavy atom. The molecule has 0 aliphatic rings. The molecule has 0 fully saturated rings. The number of nitrogens with zero attached hydrogens (tertiary/aromatic N) is 1. The Morgan fingerprint density at radius 3 is 2.26 bits per heavy atom. The Hall–Kier alpha value is -2.49. The largest absolute Gasteiger partial charge is 0.423 e. The van der Waals surface area contributed by atoms with E-state index in [4.69, 9.17) is 16.3 Å². The molecule has 0 aromatic heterocycles. The number of hydrogen-bond donors (Lipinski definition) is 1. The van der Waals surface area contributed by atoms with Gasteiger partial charge in [0.1, 0.15) is 10.6 Å². The van der Waals surface area contributed by atoms with Crippen LogP contribution in [-0.2, 0) is 10.0 Å². The van der Waals surface area contributed by atoms with Crippen LogP contribution < -0.4 is 9.46 Å². The number of benzene rings is 2. The van der Waals surface area contributed by atoms with Crippen molar-refractivity contribution in [2.75, 3.05) is 0 Å². The molecule has 0 heterocycles. The number of non-ortho nitro benzene ring substituents is 1. The van der Waals surface area contributed by atoms with Crippen LogP contribution in [-0.4, -0.2) is 24.8 Å². The molecule has 144 valence electrons. The number of sulfonamides is 1. The highest BCUT2D eigenvalue weighted by Crippen LogP contribution is 2.25. The molecule has 1 N–H and O–H groups in total. The third-order valence-corrected chi connectivity index (χ3v) is 5.39. The summed E-state index contributed by atoms with van der Waals surface area (Å²) in [5, 5.41) is 10.6. The highest BCUT2D eigenvalue weighted by atomic mass is 35.5. The van der Waals surface area contributed by atoms with Crippen molar-refractivity contribution < 1.29 is 22.9 Å². The van der Waals surface area contributed by atoms with Crippen LogP contribution in [0.5, 0.6) is 5.75 Å². The van der Waals surface area contributed by atoms with E-state index < -0.39 is 26.5 Å². The average Bonchev–Trinajstić information content (AvgIpc) is 2.53. The van der Waals surface area contributed by atoms with E-state index >= 15 is 0 Å². The molecular weight excluding hydrogens is 396 g/mol. The second-order valence-electron chi connectivity index (χ2n) is 6.64. The second-order valence-corrected chi connectivity index (χ2v) is 8.70. The van der Waals surface area contributed by atoms with Crippen LogP contribution in [0.2, 0.25) is 5.02 Å². The van der Waals surface area contributed by atoms with E-state index in [0.717, 1.165) is 6.07 Å². The predicted molar refractivity (Wildman–Crippen MR) is 99.6 cm³/mol. The summed E-state index contributed by atoms with van der Waals surface area (Å²) in [6.07, 6.45) is 0. The fourth-order valence-electron chi connectivity index (χ4n) is 2.10. The van der Waals surface area contributed by atoms with E-state index in [2.05, 4.69) is 4.72 Å². The van der Waals surface area contributed by atoms with Crippen molar-refractivity contribution in [1.82, 2.24) is 4.72 Å². The zero-order valence-electron chi connectivity index (χ0n) is 14.7. The summed E-state index contributed by atoms with van der Waals surface area (Å²) in [7, 11) is -3.96. The highest BCUT2D eigenvalue weighted by Gasteiger charge is 2.25. The topological polar surface area (TPSA) is 116 Å². The molecule has 8 nitrogen and oxygen atoms in total. The number of esters is 1. The monoisotopic (exact) mass is 412 g/mol. The number of nitro benzene ring substituents is 1. The Kier molecular flexibility index (Phi) is 5.88. The van der Waals surface area contributed by atoms with Crippen molar-refractivity contribution in [2.45, 2.75) is 31.2 Å². The molecule has 0 aliphatic carbocycles. The van der Waals surface area contributed by atoms with Gasteiger partial charge in [-0.1, -0.05) is 11.6 Å². The maximum atomic E-state index is 12.5.